The molecule has 2 aromatic rings. The number of piperidine rings is 1. The molecule has 1 saturated heterocycles. The van der Waals surface area contributed by atoms with Crippen LogP contribution in [0.15, 0.2) is 24.3 Å². The molecule has 116 valence electrons. The summed E-state index contributed by atoms with van der Waals surface area (Å²) in [5.41, 5.74) is 3.22. The lowest BCUT2D eigenvalue weighted by Gasteiger charge is -2.43. The van der Waals surface area contributed by atoms with E-state index in [2.05, 4.69) is 42.1 Å². The second kappa shape index (κ2) is 5.24. The molecule has 1 aromatic heterocycles. The second-order valence-corrected chi connectivity index (χ2v) is 7.11. The van der Waals surface area contributed by atoms with Crippen LogP contribution in [0.25, 0.3) is 10.9 Å². The summed E-state index contributed by atoms with van der Waals surface area (Å²) < 4.78 is 0. The van der Waals surface area contributed by atoms with Gasteiger partial charge in [0.15, 0.2) is 5.78 Å². The van der Waals surface area contributed by atoms with E-state index in [0.717, 1.165) is 24.2 Å². The number of rotatable bonds is 1. The molecule has 1 N–H and O–H groups in total. The first kappa shape index (κ1) is 14.0. The SMILES string of the molecule is CCC1CN(C)C2Cc3c([nH]c4ccccc34)C(=O)CC1C2. The first-order valence-electron chi connectivity index (χ1n) is 8.50. The second-order valence-electron chi connectivity index (χ2n) is 7.11. The van der Waals surface area contributed by atoms with Gasteiger partial charge in [-0.05, 0) is 43.4 Å². The highest BCUT2D eigenvalue weighted by Gasteiger charge is 2.37. The number of likely N-dealkylation sites (N-methyl/N-ethyl adjacent to an activating group) is 1. The van der Waals surface area contributed by atoms with E-state index in [1.165, 1.54) is 23.8 Å². The van der Waals surface area contributed by atoms with Crippen molar-refractivity contribution in [3.63, 3.8) is 0 Å². The van der Waals surface area contributed by atoms with Crippen LogP contribution in [0, 0.1) is 11.8 Å². The summed E-state index contributed by atoms with van der Waals surface area (Å²) in [4.78, 5) is 18.7. The Morgan fingerprint density at radius 3 is 2.91 bits per heavy atom. The molecule has 1 aliphatic heterocycles. The van der Waals surface area contributed by atoms with Gasteiger partial charge in [0.05, 0.1) is 5.69 Å². The van der Waals surface area contributed by atoms with Crippen molar-refractivity contribution in [1.82, 2.24) is 9.88 Å². The Bertz CT molecular complexity index is 717. The topological polar surface area (TPSA) is 36.1 Å². The molecule has 0 radical (unpaired) electrons. The van der Waals surface area contributed by atoms with Crippen molar-refractivity contribution < 1.29 is 4.79 Å². The van der Waals surface area contributed by atoms with E-state index in [4.69, 9.17) is 0 Å². The van der Waals surface area contributed by atoms with Crippen LogP contribution in [0.1, 0.15) is 42.2 Å². The van der Waals surface area contributed by atoms with Crippen molar-refractivity contribution in [3.8, 4) is 0 Å². The van der Waals surface area contributed by atoms with Gasteiger partial charge >= 0.3 is 0 Å². The van der Waals surface area contributed by atoms with E-state index in [0.29, 0.717) is 30.1 Å². The minimum atomic E-state index is 0.317. The predicted molar refractivity (Wildman–Crippen MR) is 89.3 cm³/mol. The molecule has 2 aliphatic rings. The summed E-state index contributed by atoms with van der Waals surface area (Å²) in [6.07, 6.45) is 4.05. The lowest BCUT2D eigenvalue weighted by Crippen LogP contribution is -2.47. The minimum Gasteiger partial charge on any atom is -0.352 e. The van der Waals surface area contributed by atoms with Gasteiger partial charge in [0.25, 0.3) is 0 Å². The number of fused-ring (bicyclic) bond motifs is 5. The molecule has 2 heterocycles. The van der Waals surface area contributed by atoms with Crippen LogP contribution in [0.5, 0.6) is 0 Å². The summed E-state index contributed by atoms with van der Waals surface area (Å²) in [5, 5.41) is 1.23. The maximum absolute atomic E-state index is 12.8. The van der Waals surface area contributed by atoms with Crippen LogP contribution >= 0.6 is 0 Å². The molecule has 1 aliphatic carbocycles. The lowest BCUT2D eigenvalue weighted by atomic mass is 9.74. The van der Waals surface area contributed by atoms with Gasteiger partial charge in [-0.2, -0.15) is 0 Å². The average molecular weight is 296 g/mol. The Hall–Kier alpha value is -1.61. The summed E-state index contributed by atoms with van der Waals surface area (Å²) in [6.45, 7) is 3.40. The summed E-state index contributed by atoms with van der Waals surface area (Å²) in [6, 6.07) is 8.90. The lowest BCUT2D eigenvalue weighted by molar-refractivity contribution is 0.0639. The highest BCUT2D eigenvalue weighted by molar-refractivity contribution is 6.02. The van der Waals surface area contributed by atoms with E-state index in [-0.39, 0.29) is 0 Å². The van der Waals surface area contributed by atoms with E-state index in [9.17, 15) is 4.79 Å². The number of Topliss-reactive ketones (excluding diaryl/α,β-unsaturated/α-hetero) is 1. The maximum Gasteiger partial charge on any atom is 0.179 e. The van der Waals surface area contributed by atoms with Crippen LogP contribution < -0.4 is 0 Å². The zero-order valence-corrected chi connectivity index (χ0v) is 13.4. The first-order valence-corrected chi connectivity index (χ1v) is 8.50. The number of H-pyrrole nitrogens is 1. The molecular formula is C19H24N2O. The van der Waals surface area contributed by atoms with E-state index in [1.807, 2.05) is 6.07 Å². The number of carbonyl (C=O) groups excluding carboxylic acids is 1. The number of carbonyl (C=O) groups is 1. The zero-order valence-electron chi connectivity index (χ0n) is 13.4. The molecule has 1 fully saturated rings. The molecule has 0 saturated carbocycles. The number of hydrogen-bond acceptors (Lipinski definition) is 2. The van der Waals surface area contributed by atoms with Gasteiger partial charge in [-0.3, -0.25) is 4.79 Å². The fraction of sp³-hybridized carbons (Fsp3) is 0.526. The zero-order chi connectivity index (χ0) is 15.3. The summed E-state index contributed by atoms with van der Waals surface area (Å²) >= 11 is 0. The summed E-state index contributed by atoms with van der Waals surface area (Å²) in [7, 11) is 2.25. The third-order valence-electron chi connectivity index (χ3n) is 5.89. The Morgan fingerprint density at radius 2 is 2.09 bits per heavy atom. The van der Waals surface area contributed by atoms with Crippen LogP contribution in [0.4, 0.5) is 0 Å². The highest BCUT2D eigenvalue weighted by atomic mass is 16.1. The van der Waals surface area contributed by atoms with Crippen molar-refractivity contribution >= 4 is 16.7 Å². The normalized spacial score (nSPS) is 29.2. The molecule has 4 rings (SSSR count). The number of hydrogen-bond donors (Lipinski definition) is 1. The van der Waals surface area contributed by atoms with Gasteiger partial charge in [0.2, 0.25) is 0 Å². The third-order valence-corrected chi connectivity index (χ3v) is 5.89. The van der Waals surface area contributed by atoms with Crippen molar-refractivity contribution in [2.75, 3.05) is 13.6 Å². The number of likely N-dealkylation sites (tertiary alicyclic amines) is 1. The molecule has 3 nitrogen and oxygen atoms in total. The number of aromatic nitrogens is 1. The number of aromatic amines is 1. The Labute approximate surface area is 131 Å². The number of ketones is 1. The largest absolute Gasteiger partial charge is 0.352 e. The van der Waals surface area contributed by atoms with Gasteiger partial charge in [-0.25, -0.2) is 0 Å². The van der Waals surface area contributed by atoms with E-state index < -0.39 is 0 Å². The molecule has 0 amide bonds. The van der Waals surface area contributed by atoms with E-state index in [1.54, 1.807) is 0 Å². The molecule has 3 heteroatoms. The molecule has 22 heavy (non-hydrogen) atoms. The average Bonchev–Trinajstić information content (AvgIpc) is 2.87. The Balaban J connectivity index is 1.82. The molecule has 1 aromatic carbocycles. The van der Waals surface area contributed by atoms with Gasteiger partial charge in [-0.15, -0.1) is 0 Å². The first-order chi connectivity index (χ1) is 10.7. The van der Waals surface area contributed by atoms with Gasteiger partial charge in [0.1, 0.15) is 0 Å². The molecular weight excluding hydrogens is 272 g/mol. The van der Waals surface area contributed by atoms with Crippen LogP contribution in [-0.4, -0.2) is 35.3 Å². The van der Waals surface area contributed by atoms with Crippen molar-refractivity contribution in [2.45, 2.75) is 38.6 Å². The van der Waals surface area contributed by atoms with Gasteiger partial charge in [0, 0.05) is 29.9 Å². The third kappa shape index (κ3) is 2.11. The maximum atomic E-state index is 12.8. The fourth-order valence-electron chi connectivity index (χ4n) is 4.57. The quantitative estimate of drug-likeness (QED) is 0.872. The molecule has 3 unspecified atom stereocenters. The molecule has 3 atom stereocenters. The number of nitrogens with one attached hydrogen (secondary N) is 1. The number of para-hydroxylation sites is 1. The number of nitrogens with zero attached hydrogens (tertiary/aromatic N) is 1. The smallest absolute Gasteiger partial charge is 0.179 e. The highest BCUT2D eigenvalue weighted by Crippen LogP contribution is 2.38. The monoisotopic (exact) mass is 296 g/mol. The minimum absolute atomic E-state index is 0.317. The van der Waals surface area contributed by atoms with Gasteiger partial charge < -0.3 is 9.88 Å². The van der Waals surface area contributed by atoms with Crippen LogP contribution in [0.2, 0.25) is 0 Å². The standard InChI is InChI=1S/C19H24N2O/c1-3-12-11-21(2)14-8-13(12)9-18(22)19-16(10-14)15-6-4-5-7-17(15)20-19/h4-7,12-14,20H,3,8-11H2,1-2H3. The predicted octanol–water partition coefficient (Wildman–Crippen LogP) is 3.64. The van der Waals surface area contributed by atoms with Crippen molar-refractivity contribution in [1.29, 1.82) is 0 Å². The van der Waals surface area contributed by atoms with E-state index >= 15 is 0 Å². The summed E-state index contributed by atoms with van der Waals surface area (Å²) in [5.74, 6) is 1.53. The number of benzene rings is 1. The fourth-order valence-corrected chi connectivity index (χ4v) is 4.57. The van der Waals surface area contributed by atoms with Crippen molar-refractivity contribution in [3.05, 3.63) is 35.5 Å². The Kier molecular flexibility index (Phi) is 3.33. The van der Waals surface area contributed by atoms with Crippen LogP contribution in [-0.2, 0) is 6.42 Å². The van der Waals surface area contributed by atoms with Gasteiger partial charge in [-0.1, -0.05) is 31.5 Å². The molecule has 2 bridgehead atoms. The van der Waals surface area contributed by atoms with Crippen LogP contribution in [0.3, 0.4) is 0 Å². The van der Waals surface area contributed by atoms with Crippen molar-refractivity contribution in [2.24, 2.45) is 11.8 Å². The Morgan fingerprint density at radius 1 is 1.27 bits per heavy atom. The molecule has 0 spiro atoms.